The summed E-state index contributed by atoms with van der Waals surface area (Å²) in [5.74, 6) is -2.79. The van der Waals surface area contributed by atoms with Crippen molar-refractivity contribution in [2.45, 2.75) is 18.3 Å². The molecule has 0 aliphatic carbocycles. The molecule has 0 saturated carbocycles. The number of amides is 2. The number of β-lactam (4-membered cyclic amide) rings is 1. The number of esters is 1. The predicted octanol–water partition coefficient (Wildman–Crippen LogP) is -2.07. The fourth-order valence-electron chi connectivity index (χ4n) is 2.25. The van der Waals surface area contributed by atoms with Gasteiger partial charge in [-0.1, -0.05) is 0 Å². The third-order valence-electron chi connectivity index (χ3n) is 3.10. The first-order valence-corrected chi connectivity index (χ1v) is 7.25. The van der Waals surface area contributed by atoms with E-state index in [1.807, 2.05) is 0 Å². The van der Waals surface area contributed by atoms with Gasteiger partial charge in [-0.15, -0.1) is 0 Å². The minimum absolute atomic E-state index is 0.102. The average molecular weight is 316 g/mol. The highest BCUT2D eigenvalue weighted by molar-refractivity contribution is 7.86. The fraction of sp³-hybridized carbons (Fsp3) is 0.455. The lowest BCUT2D eigenvalue weighted by molar-refractivity contribution is -0.150. The molecular weight excluding hydrogens is 304 g/mol. The van der Waals surface area contributed by atoms with Gasteiger partial charge in [-0.05, 0) is 0 Å². The number of fused-ring (bicyclic) bond motifs is 1. The van der Waals surface area contributed by atoms with Crippen molar-refractivity contribution in [2.24, 2.45) is 0 Å². The van der Waals surface area contributed by atoms with Gasteiger partial charge in [-0.25, -0.2) is 4.79 Å². The van der Waals surface area contributed by atoms with Crippen LogP contribution in [-0.2, 0) is 34.7 Å². The molecule has 1 fully saturated rings. The van der Waals surface area contributed by atoms with Gasteiger partial charge in [0.05, 0.1) is 16.6 Å². The minimum Gasteiger partial charge on any atom is -0.477 e. The second-order valence-electron chi connectivity index (χ2n) is 4.42. The molecule has 0 aromatic carbocycles. The smallest absolute Gasteiger partial charge is 0.352 e. The lowest BCUT2D eigenvalue weighted by Crippen LogP contribution is -2.72. The van der Waals surface area contributed by atoms with Crippen LogP contribution in [0, 0.1) is 0 Å². The molecule has 2 unspecified atom stereocenters. The van der Waals surface area contributed by atoms with E-state index in [1.54, 1.807) is 0 Å². The first kappa shape index (κ1) is 15.2. The van der Waals surface area contributed by atoms with Crippen LogP contribution in [0.5, 0.6) is 0 Å². The average Bonchev–Trinajstić information content (AvgIpc) is 2.41. The summed E-state index contributed by atoms with van der Waals surface area (Å²) in [6, 6.07) is -0.993. The molecule has 1 saturated heterocycles. The maximum Gasteiger partial charge on any atom is 0.352 e. The third kappa shape index (κ3) is 2.53. The summed E-state index contributed by atoms with van der Waals surface area (Å²) in [6.07, 6.45) is 0.301. The van der Waals surface area contributed by atoms with E-state index < -0.39 is 40.1 Å². The molecule has 2 aliphatic heterocycles. The van der Waals surface area contributed by atoms with Crippen molar-refractivity contribution < 1.29 is 33.2 Å². The molecule has 9 nitrogen and oxygen atoms in total. The number of hydrogen-bond acceptors (Lipinski definition) is 6. The van der Waals surface area contributed by atoms with Gasteiger partial charge in [0.2, 0.25) is 6.41 Å². The van der Waals surface area contributed by atoms with Gasteiger partial charge < -0.3 is 15.2 Å². The lowest BCUT2D eigenvalue weighted by atomic mass is 10.0. The predicted molar refractivity (Wildman–Crippen MR) is 67.9 cm³/mol. The van der Waals surface area contributed by atoms with E-state index in [2.05, 4.69) is 5.32 Å². The fourth-order valence-corrected chi connectivity index (χ4v) is 3.92. The molecule has 114 valence electrons. The standard InChI is InChI=1S/C11H12N2O7S/c1-5(15)20-2-6-3-21(19)10-7(12-4-14)9(16)13(10)8(6)11(17)18/h4,7,10H,2-3H2,1H3,(H,12,14)(H,17,18)/t7?,10-,21?/m1/s1. The summed E-state index contributed by atoms with van der Waals surface area (Å²) >= 11 is 0. The van der Waals surface area contributed by atoms with E-state index in [0.29, 0.717) is 6.41 Å². The highest BCUT2D eigenvalue weighted by atomic mass is 32.2. The van der Waals surface area contributed by atoms with Crippen LogP contribution in [0.15, 0.2) is 11.3 Å². The molecule has 2 heterocycles. The van der Waals surface area contributed by atoms with Gasteiger partial charge in [0, 0.05) is 12.5 Å². The second kappa shape index (κ2) is 5.64. The van der Waals surface area contributed by atoms with Gasteiger partial charge in [0.25, 0.3) is 5.91 Å². The Morgan fingerprint density at radius 3 is 2.76 bits per heavy atom. The van der Waals surface area contributed by atoms with E-state index in [4.69, 9.17) is 4.74 Å². The number of carboxylic acid groups (broad SMARTS) is 1. The Kier molecular flexibility index (Phi) is 4.07. The van der Waals surface area contributed by atoms with Gasteiger partial charge in [0.1, 0.15) is 23.7 Å². The van der Waals surface area contributed by atoms with Crippen molar-refractivity contribution in [3.8, 4) is 0 Å². The minimum atomic E-state index is -1.59. The maximum absolute atomic E-state index is 12.1. The SMILES string of the molecule is CC(=O)OCC1=C(C(=O)O)N2C(=O)C(NC=O)[C@H]2S(=O)C1. The first-order chi connectivity index (χ1) is 9.88. The summed E-state index contributed by atoms with van der Waals surface area (Å²) in [7, 11) is -1.59. The van der Waals surface area contributed by atoms with Crippen LogP contribution in [0.3, 0.4) is 0 Å². The molecule has 3 atom stereocenters. The zero-order valence-electron chi connectivity index (χ0n) is 10.9. The molecule has 2 aliphatic rings. The first-order valence-electron chi connectivity index (χ1n) is 5.87. The molecule has 0 aromatic heterocycles. The van der Waals surface area contributed by atoms with Crippen LogP contribution in [0.2, 0.25) is 0 Å². The molecule has 10 heteroatoms. The van der Waals surface area contributed by atoms with E-state index in [9.17, 15) is 28.5 Å². The van der Waals surface area contributed by atoms with Crippen LogP contribution in [0.4, 0.5) is 0 Å². The lowest BCUT2D eigenvalue weighted by Gasteiger charge is -2.48. The van der Waals surface area contributed by atoms with Crippen LogP contribution in [-0.4, -0.2) is 62.2 Å². The Morgan fingerprint density at radius 1 is 1.57 bits per heavy atom. The number of ether oxygens (including phenoxy) is 1. The largest absolute Gasteiger partial charge is 0.477 e. The molecule has 21 heavy (non-hydrogen) atoms. The highest BCUT2D eigenvalue weighted by Gasteiger charge is 2.56. The van der Waals surface area contributed by atoms with E-state index in [0.717, 1.165) is 11.8 Å². The monoisotopic (exact) mass is 316 g/mol. The number of carboxylic acids is 1. The molecule has 0 radical (unpaired) electrons. The quantitative estimate of drug-likeness (QED) is 0.338. The van der Waals surface area contributed by atoms with E-state index >= 15 is 0 Å². The number of carbonyl (C=O) groups excluding carboxylic acids is 3. The Balaban J connectivity index is 2.34. The van der Waals surface area contributed by atoms with Gasteiger partial charge in [-0.3, -0.25) is 23.5 Å². The van der Waals surface area contributed by atoms with Crippen molar-refractivity contribution >= 4 is 35.1 Å². The Bertz CT molecular complexity index is 585. The second-order valence-corrected chi connectivity index (χ2v) is 5.96. The van der Waals surface area contributed by atoms with Crippen molar-refractivity contribution in [3.05, 3.63) is 11.3 Å². The Morgan fingerprint density at radius 2 is 2.24 bits per heavy atom. The summed E-state index contributed by atoms with van der Waals surface area (Å²) in [6.45, 7) is 0.813. The molecule has 2 rings (SSSR count). The molecule has 2 amide bonds. The number of carbonyl (C=O) groups is 4. The van der Waals surface area contributed by atoms with E-state index in [-0.39, 0.29) is 23.6 Å². The van der Waals surface area contributed by atoms with Gasteiger partial charge in [0.15, 0.2) is 0 Å². The van der Waals surface area contributed by atoms with Crippen LogP contribution < -0.4 is 5.32 Å². The van der Waals surface area contributed by atoms with Crippen LogP contribution in [0.1, 0.15) is 6.92 Å². The molecule has 2 N–H and O–H groups in total. The molecule has 0 aromatic rings. The number of nitrogens with zero attached hydrogens (tertiary/aromatic N) is 1. The molecular formula is C11H12N2O7S. The van der Waals surface area contributed by atoms with Crippen molar-refractivity contribution in [1.29, 1.82) is 0 Å². The number of rotatable bonds is 5. The summed E-state index contributed by atoms with van der Waals surface area (Å²) in [5.41, 5.74) is -0.236. The Labute approximate surface area is 121 Å². The highest BCUT2D eigenvalue weighted by Crippen LogP contribution is 2.34. The van der Waals surface area contributed by atoms with Crippen molar-refractivity contribution in [1.82, 2.24) is 10.2 Å². The van der Waals surface area contributed by atoms with Crippen LogP contribution >= 0.6 is 0 Å². The summed E-state index contributed by atoms with van der Waals surface area (Å²) in [4.78, 5) is 45.3. The Hall–Kier alpha value is -2.23. The topological polar surface area (TPSA) is 130 Å². The number of hydrogen-bond donors (Lipinski definition) is 2. The molecule has 0 bridgehead atoms. The van der Waals surface area contributed by atoms with E-state index in [1.165, 1.54) is 0 Å². The third-order valence-corrected chi connectivity index (χ3v) is 4.76. The van der Waals surface area contributed by atoms with Crippen LogP contribution in [0.25, 0.3) is 0 Å². The van der Waals surface area contributed by atoms with Crippen molar-refractivity contribution in [2.75, 3.05) is 12.4 Å². The molecule has 0 spiro atoms. The van der Waals surface area contributed by atoms with Gasteiger partial charge >= 0.3 is 11.9 Å². The number of nitrogens with one attached hydrogen (secondary N) is 1. The summed E-state index contributed by atoms with van der Waals surface area (Å²) in [5, 5.41) is 10.5. The normalized spacial score (nSPS) is 27.6. The zero-order valence-corrected chi connectivity index (χ0v) is 11.7. The number of aliphatic carboxylic acids is 1. The van der Waals surface area contributed by atoms with Crippen molar-refractivity contribution in [3.63, 3.8) is 0 Å². The zero-order chi connectivity index (χ0) is 15.7. The maximum atomic E-state index is 12.1. The summed E-state index contributed by atoms with van der Waals surface area (Å²) < 4.78 is 16.8. The van der Waals surface area contributed by atoms with Gasteiger partial charge in [-0.2, -0.15) is 0 Å².